The number of nitrogens with zero attached hydrogens (tertiary/aromatic N) is 1. The van der Waals surface area contributed by atoms with E-state index in [2.05, 4.69) is 11.4 Å². The van der Waals surface area contributed by atoms with Crippen molar-refractivity contribution in [2.45, 2.75) is 32.6 Å². The van der Waals surface area contributed by atoms with Gasteiger partial charge in [0.05, 0.1) is 6.07 Å². The van der Waals surface area contributed by atoms with Crippen molar-refractivity contribution in [2.75, 3.05) is 5.32 Å². The van der Waals surface area contributed by atoms with Gasteiger partial charge in [0, 0.05) is 5.69 Å². The molecule has 1 saturated carbocycles. The molecule has 1 aliphatic rings. The first kappa shape index (κ1) is 12.6. The first-order valence-corrected chi connectivity index (χ1v) is 6.06. The van der Waals surface area contributed by atoms with Gasteiger partial charge in [-0.3, -0.25) is 4.79 Å². The summed E-state index contributed by atoms with van der Waals surface area (Å²) >= 11 is 0. The molecule has 0 atom stereocenters. The zero-order chi connectivity index (χ0) is 13.2. The van der Waals surface area contributed by atoms with E-state index in [1.165, 1.54) is 18.2 Å². The van der Waals surface area contributed by atoms with Crippen LogP contribution in [0.1, 0.15) is 31.2 Å². The van der Waals surface area contributed by atoms with Gasteiger partial charge in [-0.05, 0) is 43.5 Å². The number of aryl methyl sites for hydroxylation is 1. The second-order valence-corrected chi connectivity index (χ2v) is 4.81. The molecule has 94 valence electrons. The second kappa shape index (κ2) is 4.77. The lowest BCUT2D eigenvalue weighted by atomic mass is 9.87. The number of nitrogens with one attached hydrogen (secondary N) is 1. The summed E-state index contributed by atoms with van der Waals surface area (Å²) in [5.41, 5.74) is 0.332. The van der Waals surface area contributed by atoms with Crippen molar-refractivity contribution in [3.63, 3.8) is 0 Å². The van der Waals surface area contributed by atoms with Crippen LogP contribution in [0.25, 0.3) is 0 Å². The van der Waals surface area contributed by atoms with Crippen LogP contribution in [-0.4, -0.2) is 5.91 Å². The van der Waals surface area contributed by atoms with Crippen LogP contribution in [0.15, 0.2) is 18.2 Å². The van der Waals surface area contributed by atoms with Crippen LogP contribution in [-0.2, 0) is 4.79 Å². The monoisotopic (exact) mass is 246 g/mol. The summed E-state index contributed by atoms with van der Waals surface area (Å²) in [6.07, 6.45) is 3.03. The Morgan fingerprint density at radius 2 is 2.11 bits per heavy atom. The van der Waals surface area contributed by atoms with Crippen molar-refractivity contribution in [1.29, 1.82) is 5.26 Å². The molecule has 4 heteroatoms. The van der Waals surface area contributed by atoms with Gasteiger partial charge in [-0.25, -0.2) is 4.39 Å². The van der Waals surface area contributed by atoms with E-state index < -0.39 is 5.41 Å². The predicted molar refractivity (Wildman–Crippen MR) is 66.3 cm³/mol. The van der Waals surface area contributed by atoms with Crippen molar-refractivity contribution in [1.82, 2.24) is 0 Å². The van der Waals surface area contributed by atoms with Gasteiger partial charge >= 0.3 is 0 Å². The Hall–Kier alpha value is -1.89. The molecule has 0 radical (unpaired) electrons. The van der Waals surface area contributed by atoms with Gasteiger partial charge in [-0.1, -0.05) is 12.8 Å². The van der Waals surface area contributed by atoms with Gasteiger partial charge in [0.2, 0.25) is 5.91 Å². The molecule has 0 unspecified atom stereocenters. The molecule has 2 rings (SSSR count). The Morgan fingerprint density at radius 1 is 1.44 bits per heavy atom. The zero-order valence-corrected chi connectivity index (χ0v) is 10.3. The van der Waals surface area contributed by atoms with Crippen LogP contribution < -0.4 is 5.32 Å². The van der Waals surface area contributed by atoms with E-state index in [1.807, 2.05) is 0 Å². The highest BCUT2D eigenvalue weighted by Gasteiger charge is 2.41. The third-order valence-electron chi connectivity index (χ3n) is 3.54. The van der Waals surface area contributed by atoms with E-state index >= 15 is 0 Å². The molecule has 1 N–H and O–H groups in total. The molecule has 0 saturated heterocycles. The molecule has 1 aromatic rings. The molecular formula is C14H15FN2O. The number of hydrogen-bond acceptors (Lipinski definition) is 2. The fourth-order valence-electron chi connectivity index (χ4n) is 2.38. The first-order chi connectivity index (χ1) is 8.57. The number of amides is 1. The zero-order valence-electron chi connectivity index (χ0n) is 10.3. The number of benzene rings is 1. The summed E-state index contributed by atoms with van der Waals surface area (Å²) < 4.78 is 13.0. The summed E-state index contributed by atoms with van der Waals surface area (Å²) in [5, 5.41) is 12.0. The molecule has 1 aliphatic carbocycles. The number of halogens is 1. The average Bonchev–Trinajstić information content (AvgIpc) is 2.82. The van der Waals surface area contributed by atoms with E-state index in [-0.39, 0.29) is 11.7 Å². The molecule has 0 aromatic heterocycles. The van der Waals surface area contributed by atoms with Crippen molar-refractivity contribution in [3.05, 3.63) is 29.6 Å². The van der Waals surface area contributed by atoms with Crippen molar-refractivity contribution >= 4 is 11.6 Å². The van der Waals surface area contributed by atoms with E-state index in [0.29, 0.717) is 24.1 Å². The maximum atomic E-state index is 13.0. The molecule has 0 bridgehead atoms. The van der Waals surface area contributed by atoms with Gasteiger partial charge in [-0.15, -0.1) is 0 Å². The third kappa shape index (κ3) is 2.21. The van der Waals surface area contributed by atoms with E-state index in [0.717, 1.165) is 12.8 Å². The topological polar surface area (TPSA) is 52.9 Å². The van der Waals surface area contributed by atoms with Crippen LogP contribution in [0.4, 0.5) is 10.1 Å². The lowest BCUT2D eigenvalue weighted by Gasteiger charge is -2.20. The number of rotatable bonds is 2. The second-order valence-electron chi connectivity index (χ2n) is 4.81. The standard InChI is InChI=1S/C14H15FN2O/c1-10-8-11(15)4-5-12(10)17-13(18)14(9-16)6-2-3-7-14/h4-5,8H,2-3,6-7H2,1H3,(H,17,18). The van der Waals surface area contributed by atoms with Gasteiger partial charge in [0.25, 0.3) is 0 Å². The Balaban J connectivity index is 2.19. The highest BCUT2D eigenvalue weighted by Crippen LogP contribution is 2.38. The summed E-state index contributed by atoms with van der Waals surface area (Å²) in [6, 6.07) is 6.34. The largest absolute Gasteiger partial charge is 0.324 e. The Bertz CT molecular complexity index is 513. The third-order valence-corrected chi connectivity index (χ3v) is 3.54. The van der Waals surface area contributed by atoms with Gasteiger partial charge in [0.15, 0.2) is 0 Å². The minimum absolute atomic E-state index is 0.266. The summed E-state index contributed by atoms with van der Waals surface area (Å²) in [7, 11) is 0. The van der Waals surface area contributed by atoms with Crippen molar-refractivity contribution in [2.24, 2.45) is 5.41 Å². The lowest BCUT2D eigenvalue weighted by Crippen LogP contribution is -2.32. The van der Waals surface area contributed by atoms with Gasteiger partial charge in [-0.2, -0.15) is 5.26 Å². The van der Waals surface area contributed by atoms with Gasteiger partial charge in [0.1, 0.15) is 11.2 Å². The molecule has 1 fully saturated rings. The highest BCUT2D eigenvalue weighted by atomic mass is 19.1. The van der Waals surface area contributed by atoms with Crippen LogP contribution in [0, 0.1) is 29.5 Å². The fourth-order valence-corrected chi connectivity index (χ4v) is 2.38. The summed E-state index contributed by atoms with van der Waals surface area (Å²) in [5.74, 6) is -0.599. The quantitative estimate of drug-likeness (QED) is 0.871. The van der Waals surface area contributed by atoms with Crippen molar-refractivity contribution in [3.8, 4) is 6.07 Å². The molecule has 18 heavy (non-hydrogen) atoms. The maximum Gasteiger partial charge on any atom is 0.244 e. The highest BCUT2D eigenvalue weighted by molar-refractivity contribution is 5.97. The van der Waals surface area contributed by atoms with E-state index in [4.69, 9.17) is 0 Å². The van der Waals surface area contributed by atoms with Crippen LogP contribution >= 0.6 is 0 Å². The number of carbonyl (C=O) groups excluding carboxylic acids is 1. The number of carbonyl (C=O) groups is 1. The lowest BCUT2D eigenvalue weighted by molar-refractivity contribution is -0.122. The summed E-state index contributed by atoms with van der Waals surface area (Å²) in [4.78, 5) is 12.2. The number of hydrogen-bond donors (Lipinski definition) is 1. The van der Waals surface area contributed by atoms with Crippen molar-refractivity contribution < 1.29 is 9.18 Å². The number of nitriles is 1. The van der Waals surface area contributed by atoms with Crippen LogP contribution in [0.2, 0.25) is 0 Å². The predicted octanol–water partition coefficient (Wildman–Crippen LogP) is 3.16. The Kier molecular flexibility index (Phi) is 3.33. The molecular weight excluding hydrogens is 231 g/mol. The minimum atomic E-state index is -0.902. The van der Waals surface area contributed by atoms with E-state index in [9.17, 15) is 14.4 Å². The SMILES string of the molecule is Cc1cc(F)ccc1NC(=O)C1(C#N)CCCC1. The van der Waals surface area contributed by atoms with Gasteiger partial charge < -0.3 is 5.32 Å². The Morgan fingerprint density at radius 3 is 2.67 bits per heavy atom. The van der Waals surface area contributed by atoms with Crippen LogP contribution in [0.5, 0.6) is 0 Å². The molecule has 3 nitrogen and oxygen atoms in total. The molecule has 0 heterocycles. The maximum absolute atomic E-state index is 13.0. The van der Waals surface area contributed by atoms with E-state index in [1.54, 1.807) is 6.92 Å². The normalized spacial score (nSPS) is 17.2. The Labute approximate surface area is 106 Å². The average molecular weight is 246 g/mol. The number of anilines is 1. The molecule has 0 aliphatic heterocycles. The molecule has 1 aromatic carbocycles. The summed E-state index contributed by atoms with van der Waals surface area (Å²) in [6.45, 7) is 1.73. The minimum Gasteiger partial charge on any atom is -0.324 e. The molecule has 0 spiro atoms. The fraction of sp³-hybridized carbons (Fsp3) is 0.429. The van der Waals surface area contributed by atoms with Crippen LogP contribution in [0.3, 0.4) is 0 Å². The molecule has 1 amide bonds. The first-order valence-electron chi connectivity index (χ1n) is 6.06. The smallest absolute Gasteiger partial charge is 0.244 e.